The van der Waals surface area contributed by atoms with Crippen molar-refractivity contribution in [1.29, 1.82) is 5.26 Å². The Morgan fingerprint density at radius 2 is 2.00 bits per heavy atom. The summed E-state index contributed by atoms with van der Waals surface area (Å²) in [5.41, 5.74) is -1.10. The number of halogens is 3. The van der Waals surface area contributed by atoms with E-state index in [1.165, 1.54) is 18.1 Å². The predicted octanol–water partition coefficient (Wildman–Crippen LogP) is 0.886. The number of rotatable bonds is 6. The van der Waals surface area contributed by atoms with E-state index in [9.17, 15) is 37.6 Å². The summed E-state index contributed by atoms with van der Waals surface area (Å²) in [5, 5.41) is 18.3. The second kappa shape index (κ2) is 9.79. The lowest BCUT2D eigenvalue weighted by atomic mass is 9.83. The summed E-state index contributed by atoms with van der Waals surface area (Å²) < 4.78 is 39.5. The van der Waals surface area contributed by atoms with Crippen LogP contribution in [0.25, 0.3) is 0 Å². The smallest absolute Gasteiger partial charge is 0.337 e. The van der Waals surface area contributed by atoms with E-state index >= 15 is 0 Å². The number of carbonyl (C=O) groups is 4. The summed E-state index contributed by atoms with van der Waals surface area (Å²) in [6, 6.07) is 0.0518. The Bertz CT molecular complexity index is 1100. The predicted molar refractivity (Wildman–Crippen MR) is 119 cm³/mol. The quantitative estimate of drug-likeness (QED) is 0.581. The molecule has 3 heterocycles. The zero-order chi connectivity index (χ0) is 27.0. The first-order chi connectivity index (χ1) is 16.7. The van der Waals surface area contributed by atoms with Gasteiger partial charge in [0, 0.05) is 19.7 Å². The Kier molecular flexibility index (Phi) is 7.33. The molecule has 4 atom stereocenters. The van der Waals surface area contributed by atoms with Crippen molar-refractivity contribution >= 4 is 29.4 Å². The van der Waals surface area contributed by atoms with Gasteiger partial charge in [0.05, 0.1) is 24.2 Å². The summed E-state index contributed by atoms with van der Waals surface area (Å²) in [6.45, 7) is 4.76. The van der Waals surface area contributed by atoms with Crippen molar-refractivity contribution in [2.24, 2.45) is 11.3 Å². The Labute approximate surface area is 205 Å². The number of fused-ring (bicyclic) bond motifs is 1. The van der Waals surface area contributed by atoms with E-state index in [1.807, 2.05) is 0 Å². The van der Waals surface area contributed by atoms with Crippen LogP contribution in [0.15, 0.2) is 12.3 Å². The molecule has 196 valence electrons. The molecule has 2 aliphatic rings. The van der Waals surface area contributed by atoms with Crippen LogP contribution in [0.5, 0.6) is 0 Å². The molecule has 1 saturated heterocycles. The third-order valence-electron chi connectivity index (χ3n) is 6.53. The van der Waals surface area contributed by atoms with E-state index in [1.54, 1.807) is 29.9 Å². The van der Waals surface area contributed by atoms with E-state index in [-0.39, 0.29) is 37.8 Å². The Hall–Kier alpha value is -3.63. The summed E-state index contributed by atoms with van der Waals surface area (Å²) in [7, 11) is 1.26. The highest BCUT2D eigenvalue weighted by Crippen LogP contribution is 2.41. The molecule has 1 aromatic heterocycles. The van der Waals surface area contributed by atoms with Crippen LogP contribution >= 0.6 is 0 Å². The molecule has 2 aliphatic heterocycles. The number of nitrogens with one attached hydrogen (secondary N) is 2. The maximum absolute atomic E-state index is 13.7. The third-order valence-corrected chi connectivity index (χ3v) is 6.53. The van der Waals surface area contributed by atoms with Crippen LogP contribution in [0.4, 0.5) is 19.0 Å². The van der Waals surface area contributed by atoms with Gasteiger partial charge in [-0.3, -0.25) is 19.2 Å². The van der Waals surface area contributed by atoms with Gasteiger partial charge in [-0.25, -0.2) is 4.68 Å². The Morgan fingerprint density at radius 1 is 1.33 bits per heavy atom. The van der Waals surface area contributed by atoms with Crippen molar-refractivity contribution in [3.8, 4) is 6.07 Å². The molecule has 36 heavy (non-hydrogen) atoms. The number of anilines is 1. The highest BCUT2D eigenvalue weighted by Gasteiger charge is 2.54. The number of carbonyl (C=O) groups excluding carboxylic acids is 4. The van der Waals surface area contributed by atoms with Gasteiger partial charge in [-0.2, -0.15) is 23.5 Å². The molecule has 3 rings (SSSR count). The monoisotopic (exact) mass is 511 g/mol. The van der Waals surface area contributed by atoms with Crippen LogP contribution in [-0.2, 0) is 25.7 Å². The molecule has 14 heteroatoms. The largest absolute Gasteiger partial charge is 0.471 e. The summed E-state index contributed by atoms with van der Waals surface area (Å²) >= 11 is 0. The lowest BCUT2D eigenvalue weighted by Crippen LogP contribution is -2.56. The first-order valence-electron chi connectivity index (χ1n) is 11.4. The topological polar surface area (TPSA) is 140 Å². The van der Waals surface area contributed by atoms with Gasteiger partial charge >= 0.3 is 12.1 Å². The Morgan fingerprint density at radius 3 is 2.58 bits per heavy atom. The number of amides is 4. The van der Waals surface area contributed by atoms with Gasteiger partial charge in [-0.15, -0.1) is 0 Å². The van der Waals surface area contributed by atoms with Crippen LogP contribution in [0.3, 0.4) is 0 Å². The molecule has 1 spiro atoms. The second-order valence-corrected chi connectivity index (χ2v) is 9.71. The van der Waals surface area contributed by atoms with Gasteiger partial charge in [0.15, 0.2) is 0 Å². The number of hydrogen-bond donors (Lipinski definition) is 2. The molecule has 11 nitrogen and oxygen atoms in total. The SMILES string of the molecule is CC(C)C[C@@H](C(=O)N1CC2(C[C@H]1C#N)Cn1nccc1NC2=O)N(C)C(=O)C(C)NC(=O)C(F)(F)F. The van der Waals surface area contributed by atoms with Gasteiger partial charge in [-0.1, -0.05) is 13.8 Å². The van der Waals surface area contributed by atoms with Crippen LogP contribution in [0, 0.1) is 22.7 Å². The molecule has 1 fully saturated rings. The lowest BCUT2D eigenvalue weighted by molar-refractivity contribution is -0.175. The number of nitriles is 1. The fourth-order valence-corrected chi connectivity index (χ4v) is 4.64. The van der Waals surface area contributed by atoms with Crippen molar-refractivity contribution in [3.05, 3.63) is 12.3 Å². The molecule has 0 radical (unpaired) electrons. The van der Waals surface area contributed by atoms with E-state index in [0.29, 0.717) is 5.82 Å². The van der Waals surface area contributed by atoms with Crippen molar-refractivity contribution < 1.29 is 32.3 Å². The number of hydrogen-bond acceptors (Lipinski definition) is 6. The third kappa shape index (κ3) is 5.14. The second-order valence-electron chi connectivity index (χ2n) is 9.71. The lowest BCUT2D eigenvalue weighted by Gasteiger charge is -2.35. The highest BCUT2D eigenvalue weighted by molar-refractivity contribution is 5.98. The average molecular weight is 512 g/mol. The minimum absolute atomic E-state index is 0.0600. The Balaban J connectivity index is 1.83. The molecule has 0 aromatic carbocycles. The van der Waals surface area contributed by atoms with Crippen LogP contribution < -0.4 is 10.6 Å². The summed E-state index contributed by atoms with van der Waals surface area (Å²) in [4.78, 5) is 53.1. The molecular weight excluding hydrogens is 483 g/mol. The van der Waals surface area contributed by atoms with E-state index in [4.69, 9.17) is 0 Å². The van der Waals surface area contributed by atoms with Gasteiger partial charge in [0.1, 0.15) is 23.9 Å². The molecule has 2 N–H and O–H groups in total. The van der Waals surface area contributed by atoms with Crippen molar-refractivity contribution in [2.45, 2.75) is 64.5 Å². The fraction of sp³-hybridized carbons (Fsp3) is 0.636. The van der Waals surface area contributed by atoms with Gasteiger partial charge in [0.2, 0.25) is 17.7 Å². The van der Waals surface area contributed by atoms with Crippen LogP contribution in [0.1, 0.15) is 33.6 Å². The van der Waals surface area contributed by atoms with Crippen LogP contribution in [-0.4, -0.2) is 81.1 Å². The van der Waals surface area contributed by atoms with E-state index < -0.39 is 47.4 Å². The standard InChI is InChI=1S/C22H28F3N7O4/c1-12(2)7-15(30(4)17(33)13(3)28-20(36)22(23,24)25)18(34)31-10-21(8-14(31)9-26)11-32-16(5-6-27-32)29-19(21)35/h5-6,12-15H,7-8,10-11H2,1-4H3,(H,28,36)(H,29,35)/t13?,14-,15-,21?/m0/s1. The zero-order valence-corrected chi connectivity index (χ0v) is 20.3. The van der Waals surface area contributed by atoms with Crippen molar-refractivity contribution in [1.82, 2.24) is 24.9 Å². The number of nitrogens with zero attached hydrogens (tertiary/aromatic N) is 5. The molecule has 0 aliphatic carbocycles. The fourth-order valence-electron chi connectivity index (χ4n) is 4.64. The number of likely N-dealkylation sites (tertiary alicyclic amines) is 1. The zero-order valence-electron chi connectivity index (χ0n) is 20.3. The summed E-state index contributed by atoms with van der Waals surface area (Å²) in [6.07, 6.45) is -3.44. The summed E-state index contributed by atoms with van der Waals surface area (Å²) in [5.74, 6) is -3.71. The maximum atomic E-state index is 13.7. The minimum Gasteiger partial charge on any atom is -0.337 e. The molecular formula is C22H28F3N7O4. The molecule has 0 saturated carbocycles. The van der Waals surface area contributed by atoms with Crippen LogP contribution in [0.2, 0.25) is 0 Å². The first kappa shape index (κ1) is 27.0. The number of alkyl halides is 3. The van der Waals surface area contributed by atoms with Crippen molar-refractivity contribution in [2.75, 3.05) is 18.9 Å². The van der Waals surface area contributed by atoms with Crippen molar-refractivity contribution in [3.63, 3.8) is 0 Å². The van der Waals surface area contributed by atoms with E-state index in [0.717, 1.165) is 11.8 Å². The minimum atomic E-state index is -5.17. The molecule has 2 unspecified atom stereocenters. The van der Waals surface area contributed by atoms with Gasteiger partial charge in [0.25, 0.3) is 0 Å². The maximum Gasteiger partial charge on any atom is 0.471 e. The number of likely N-dealkylation sites (N-methyl/N-ethyl adjacent to an activating group) is 1. The van der Waals surface area contributed by atoms with Gasteiger partial charge < -0.3 is 20.4 Å². The number of aromatic nitrogens is 2. The van der Waals surface area contributed by atoms with E-state index in [2.05, 4.69) is 16.5 Å². The average Bonchev–Trinajstić information content (AvgIpc) is 3.40. The molecule has 4 amide bonds. The molecule has 1 aromatic rings. The van der Waals surface area contributed by atoms with Gasteiger partial charge in [-0.05, 0) is 25.7 Å². The first-order valence-corrected chi connectivity index (χ1v) is 11.4. The highest BCUT2D eigenvalue weighted by atomic mass is 19.4. The normalized spacial score (nSPS) is 23.0. The molecule has 0 bridgehead atoms.